The molecule has 6 rings (SSSR count). The molecule has 180 valence electrons. The molecule has 2 aliphatic rings. The molecule has 2 aromatic carbocycles. The lowest BCUT2D eigenvalue weighted by atomic mass is 9.95. The fraction of sp³-hybridized carbons (Fsp3) is 0.346. The van der Waals surface area contributed by atoms with Crippen LogP contribution in [-0.2, 0) is 9.53 Å². The SMILES string of the molecule is O=C(NC1CCOC1)C1CCN(c2nc3cc(Cl)c(Cl)cc3n2-c2cc3ccccc3cn2)CC1. The Hall–Kier alpha value is -2.87. The van der Waals surface area contributed by atoms with Gasteiger partial charge in [0.15, 0.2) is 0 Å². The second kappa shape index (κ2) is 9.30. The third-order valence-corrected chi connectivity index (χ3v) is 7.67. The number of benzene rings is 2. The average molecular weight is 510 g/mol. The van der Waals surface area contributed by atoms with E-state index in [2.05, 4.69) is 22.3 Å². The van der Waals surface area contributed by atoms with E-state index in [0.717, 1.165) is 72.5 Å². The first-order chi connectivity index (χ1) is 17.1. The molecule has 4 aromatic rings. The zero-order chi connectivity index (χ0) is 23.9. The van der Waals surface area contributed by atoms with Gasteiger partial charge in [0, 0.05) is 37.2 Å². The van der Waals surface area contributed by atoms with E-state index in [1.165, 1.54) is 0 Å². The second-order valence-electron chi connectivity index (χ2n) is 9.22. The first-order valence-corrected chi connectivity index (χ1v) is 12.7. The Morgan fingerprint density at radius 3 is 2.57 bits per heavy atom. The van der Waals surface area contributed by atoms with E-state index in [-0.39, 0.29) is 17.9 Å². The van der Waals surface area contributed by atoms with Crippen LogP contribution in [0.4, 0.5) is 5.95 Å². The maximum Gasteiger partial charge on any atom is 0.223 e. The summed E-state index contributed by atoms with van der Waals surface area (Å²) in [5.41, 5.74) is 1.60. The van der Waals surface area contributed by atoms with E-state index in [0.29, 0.717) is 16.7 Å². The Labute approximate surface area is 213 Å². The molecule has 0 saturated carbocycles. The lowest BCUT2D eigenvalue weighted by Gasteiger charge is -2.32. The number of anilines is 1. The van der Waals surface area contributed by atoms with Crippen LogP contribution < -0.4 is 10.2 Å². The van der Waals surface area contributed by atoms with Gasteiger partial charge < -0.3 is 15.0 Å². The summed E-state index contributed by atoms with van der Waals surface area (Å²) < 4.78 is 7.43. The Bertz CT molecular complexity index is 1410. The molecular formula is C26H25Cl2N5O2. The monoisotopic (exact) mass is 509 g/mol. The number of ether oxygens (including phenoxy) is 1. The van der Waals surface area contributed by atoms with Gasteiger partial charge in [-0.05, 0) is 42.8 Å². The summed E-state index contributed by atoms with van der Waals surface area (Å²) in [6.07, 6.45) is 4.28. The van der Waals surface area contributed by atoms with Crippen molar-refractivity contribution in [1.82, 2.24) is 19.9 Å². The smallest absolute Gasteiger partial charge is 0.223 e. The van der Waals surface area contributed by atoms with Gasteiger partial charge in [-0.3, -0.25) is 9.36 Å². The van der Waals surface area contributed by atoms with Gasteiger partial charge in [0.05, 0.1) is 33.7 Å². The normalized spacial score (nSPS) is 19.0. The summed E-state index contributed by atoms with van der Waals surface area (Å²) in [5.74, 6) is 1.67. The van der Waals surface area contributed by atoms with Crippen molar-refractivity contribution >= 4 is 56.9 Å². The minimum absolute atomic E-state index is 0.00707. The number of rotatable bonds is 4. The van der Waals surface area contributed by atoms with Gasteiger partial charge in [0.2, 0.25) is 11.9 Å². The molecule has 7 nitrogen and oxygen atoms in total. The largest absolute Gasteiger partial charge is 0.379 e. The number of carbonyl (C=O) groups excluding carboxylic acids is 1. The second-order valence-corrected chi connectivity index (χ2v) is 10.0. The van der Waals surface area contributed by atoms with Gasteiger partial charge in [-0.15, -0.1) is 0 Å². The fourth-order valence-corrected chi connectivity index (χ4v) is 5.32. The van der Waals surface area contributed by atoms with Crippen LogP contribution in [0.1, 0.15) is 19.3 Å². The summed E-state index contributed by atoms with van der Waals surface area (Å²) in [5, 5.41) is 6.25. The van der Waals surface area contributed by atoms with Crippen molar-refractivity contribution in [2.45, 2.75) is 25.3 Å². The first kappa shape index (κ1) is 22.6. The van der Waals surface area contributed by atoms with Crippen molar-refractivity contribution in [1.29, 1.82) is 0 Å². The molecule has 35 heavy (non-hydrogen) atoms. The zero-order valence-corrected chi connectivity index (χ0v) is 20.6. The van der Waals surface area contributed by atoms with Crippen LogP contribution in [0.15, 0.2) is 48.7 Å². The van der Waals surface area contributed by atoms with Crippen LogP contribution in [0.3, 0.4) is 0 Å². The summed E-state index contributed by atoms with van der Waals surface area (Å²) in [7, 11) is 0. The molecule has 2 aromatic heterocycles. The van der Waals surface area contributed by atoms with Crippen molar-refractivity contribution in [3.63, 3.8) is 0 Å². The summed E-state index contributed by atoms with van der Waals surface area (Å²) >= 11 is 12.7. The van der Waals surface area contributed by atoms with Crippen LogP contribution in [0.25, 0.3) is 27.6 Å². The van der Waals surface area contributed by atoms with E-state index in [4.69, 9.17) is 37.9 Å². The number of hydrogen-bond acceptors (Lipinski definition) is 5. The molecule has 9 heteroatoms. The maximum absolute atomic E-state index is 12.8. The number of fused-ring (bicyclic) bond motifs is 2. The number of halogens is 2. The number of pyridine rings is 1. The van der Waals surface area contributed by atoms with Gasteiger partial charge >= 0.3 is 0 Å². The zero-order valence-electron chi connectivity index (χ0n) is 19.1. The number of carbonyl (C=O) groups is 1. The van der Waals surface area contributed by atoms with Crippen molar-refractivity contribution < 1.29 is 9.53 Å². The van der Waals surface area contributed by atoms with Crippen LogP contribution in [0.2, 0.25) is 10.0 Å². The molecule has 1 N–H and O–H groups in total. The lowest BCUT2D eigenvalue weighted by Crippen LogP contribution is -2.44. The molecule has 0 spiro atoms. The van der Waals surface area contributed by atoms with Crippen LogP contribution in [0.5, 0.6) is 0 Å². The Kier molecular flexibility index (Phi) is 6.00. The van der Waals surface area contributed by atoms with Gasteiger partial charge in [-0.2, -0.15) is 0 Å². The van der Waals surface area contributed by atoms with E-state index >= 15 is 0 Å². The molecule has 0 bridgehead atoms. The van der Waals surface area contributed by atoms with E-state index in [1.54, 1.807) is 6.07 Å². The highest BCUT2D eigenvalue weighted by molar-refractivity contribution is 6.42. The quantitative estimate of drug-likeness (QED) is 0.418. The van der Waals surface area contributed by atoms with Crippen LogP contribution in [0, 0.1) is 5.92 Å². The molecule has 1 amide bonds. The van der Waals surface area contributed by atoms with Gasteiger partial charge in [0.25, 0.3) is 0 Å². The maximum atomic E-state index is 12.8. The predicted molar refractivity (Wildman–Crippen MR) is 139 cm³/mol. The predicted octanol–water partition coefficient (Wildman–Crippen LogP) is 5.00. The highest BCUT2D eigenvalue weighted by Crippen LogP contribution is 2.34. The number of nitrogens with one attached hydrogen (secondary N) is 1. The van der Waals surface area contributed by atoms with Crippen molar-refractivity contribution in [3.05, 3.63) is 58.7 Å². The highest BCUT2D eigenvalue weighted by atomic mass is 35.5. The fourth-order valence-electron chi connectivity index (χ4n) is 5.00. The minimum Gasteiger partial charge on any atom is -0.379 e. The van der Waals surface area contributed by atoms with Crippen molar-refractivity contribution in [2.75, 3.05) is 31.2 Å². The lowest BCUT2D eigenvalue weighted by molar-refractivity contribution is -0.126. The Morgan fingerprint density at radius 1 is 1.03 bits per heavy atom. The number of amides is 1. The van der Waals surface area contributed by atoms with E-state index < -0.39 is 0 Å². The number of piperidine rings is 1. The Morgan fingerprint density at radius 2 is 1.80 bits per heavy atom. The highest BCUT2D eigenvalue weighted by Gasteiger charge is 2.30. The van der Waals surface area contributed by atoms with Gasteiger partial charge in [-0.25, -0.2) is 9.97 Å². The number of imidazole rings is 1. The molecule has 2 aliphatic heterocycles. The number of hydrogen-bond donors (Lipinski definition) is 1. The summed E-state index contributed by atoms with van der Waals surface area (Å²) in [4.78, 5) is 24.7. The van der Waals surface area contributed by atoms with E-state index in [1.807, 2.05) is 35.0 Å². The van der Waals surface area contributed by atoms with E-state index in [9.17, 15) is 4.79 Å². The molecule has 0 aliphatic carbocycles. The molecule has 1 atom stereocenters. The van der Waals surface area contributed by atoms with Crippen molar-refractivity contribution in [3.8, 4) is 5.82 Å². The first-order valence-electron chi connectivity index (χ1n) is 11.9. The molecule has 2 fully saturated rings. The topological polar surface area (TPSA) is 72.3 Å². The molecule has 1 unspecified atom stereocenters. The molecular weight excluding hydrogens is 485 g/mol. The molecule has 2 saturated heterocycles. The van der Waals surface area contributed by atoms with Crippen LogP contribution in [-0.4, -0.2) is 52.8 Å². The van der Waals surface area contributed by atoms with Gasteiger partial charge in [0.1, 0.15) is 5.82 Å². The third kappa shape index (κ3) is 4.33. The summed E-state index contributed by atoms with van der Waals surface area (Å²) in [6, 6.07) is 14.0. The number of aromatic nitrogens is 3. The standard InChI is InChI=1S/C26H25Cl2N5O2/c27-20-12-22-23(13-21(20)28)33(24-11-17-3-1-2-4-18(17)14-29-24)26(31-22)32-8-5-16(6-9-32)25(34)30-19-7-10-35-15-19/h1-4,11-14,16,19H,5-10,15H2,(H,30,34). The summed E-state index contributed by atoms with van der Waals surface area (Å²) in [6.45, 7) is 2.77. The number of nitrogens with zero attached hydrogens (tertiary/aromatic N) is 4. The average Bonchev–Trinajstić information content (AvgIpc) is 3.52. The minimum atomic E-state index is -0.00707. The Balaban J connectivity index is 1.33. The molecule has 0 radical (unpaired) electrons. The molecule has 4 heterocycles. The van der Waals surface area contributed by atoms with Crippen molar-refractivity contribution in [2.24, 2.45) is 5.92 Å². The van der Waals surface area contributed by atoms with Gasteiger partial charge in [-0.1, -0.05) is 47.5 Å². The third-order valence-electron chi connectivity index (χ3n) is 6.95. The van der Waals surface area contributed by atoms with Crippen LogP contribution >= 0.6 is 23.2 Å².